The van der Waals surface area contributed by atoms with Crippen molar-refractivity contribution in [3.8, 4) is 12.1 Å². The summed E-state index contributed by atoms with van der Waals surface area (Å²) < 4.78 is 0. The van der Waals surface area contributed by atoms with Crippen LogP contribution in [0.4, 0.5) is 0 Å². The van der Waals surface area contributed by atoms with E-state index in [-0.39, 0.29) is 6.42 Å². The fraction of sp³-hybridized carbons (Fsp3) is 0.150. The molecule has 0 aromatic heterocycles. The van der Waals surface area contributed by atoms with Gasteiger partial charge in [-0.05, 0) is 29.8 Å². The zero-order valence-corrected chi connectivity index (χ0v) is 14.5. The maximum atomic E-state index is 12.2. The third-order valence-corrected chi connectivity index (χ3v) is 4.56. The number of amides is 1. The Morgan fingerprint density at radius 2 is 1.82 bits per heavy atom. The molecule has 2 atom stereocenters. The Kier molecular flexibility index (Phi) is 4.80. The summed E-state index contributed by atoms with van der Waals surface area (Å²) in [5, 5.41) is 31.8. The van der Waals surface area contributed by atoms with Crippen molar-refractivity contribution in [2.45, 2.75) is 17.9 Å². The Morgan fingerprint density at radius 1 is 1.14 bits per heavy atom. The fourth-order valence-electron chi connectivity index (χ4n) is 3.18. The zero-order chi connectivity index (χ0) is 20.3. The summed E-state index contributed by atoms with van der Waals surface area (Å²) >= 11 is 0. The first-order chi connectivity index (χ1) is 13.4. The van der Waals surface area contributed by atoms with Gasteiger partial charge in [-0.25, -0.2) is 4.79 Å². The first-order valence-corrected chi connectivity index (χ1v) is 8.19. The van der Waals surface area contributed by atoms with Crippen molar-refractivity contribution in [1.29, 1.82) is 10.5 Å². The van der Waals surface area contributed by atoms with Gasteiger partial charge in [-0.3, -0.25) is 4.79 Å². The Hall–Kier alpha value is -4.17. The number of primary amides is 1. The van der Waals surface area contributed by atoms with Crippen molar-refractivity contribution in [3.63, 3.8) is 0 Å². The first-order valence-electron chi connectivity index (χ1n) is 8.19. The normalized spacial score (nSPS) is 18.9. The number of aliphatic carboxylic acids is 1. The molecule has 1 heterocycles. The third kappa shape index (κ3) is 3.15. The van der Waals surface area contributed by atoms with Crippen LogP contribution in [-0.2, 0) is 14.4 Å². The minimum absolute atomic E-state index is 0.217. The minimum Gasteiger partial charge on any atom is -0.478 e. The van der Waals surface area contributed by atoms with Gasteiger partial charge in [0.2, 0.25) is 5.91 Å². The Balaban J connectivity index is 2.02. The highest BCUT2D eigenvalue weighted by Gasteiger charge is 2.56. The molecule has 1 aliphatic rings. The van der Waals surface area contributed by atoms with Gasteiger partial charge in [-0.2, -0.15) is 10.5 Å². The number of hydrogen-bond donors (Lipinski definition) is 2. The van der Waals surface area contributed by atoms with E-state index in [1.165, 1.54) is 24.3 Å². The van der Waals surface area contributed by atoms with Crippen LogP contribution in [0.1, 0.15) is 34.6 Å². The Bertz CT molecular complexity index is 1060. The van der Waals surface area contributed by atoms with E-state index in [0.717, 1.165) is 0 Å². The van der Waals surface area contributed by atoms with Crippen molar-refractivity contribution in [3.05, 3.63) is 70.8 Å². The van der Waals surface area contributed by atoms with Crippen LogP contribution in [0.15, 0.2) is 53.7 Å². The number of carboxylic acid groups (broad SMARTS) is 1. The van der Waals surface area contributed by atoms with E-state index >= 15 is 0 Å². The predicted molar refractivity (Wildman–Crippen MR) is 96.9 cm³/mol. The highest BCUT2D eigenvalue weighted by molar-refractivity contribution is 6.06. The molecule has 0 saturated carbocycles. The van der Waals surface area contributed by atoms with Gasteiger partial charge in [0.1, 0.15) is 5.92 Å². The fourth-order valence-corrected chi connectivity index (χ4v) is 3.18. The maximum Gasteiger partial charge on any atom is 0.352 e. The van der Waals surface area contributed by atoms with Crippen LogP contribution < -0.4 is 5.73 Å². The molecule has 0 radical (unpaired) electrons. The second-order valence-corrected chi connectivity index (χ2v) is 6.26. The van der Waals surface area contributed by atoms with Gasteiger partial charge < -0.3 is 15.7 Å². The van der Waals surface area contributed by atoms with E-state index in [1.54, 1.807) is 24.3 Å². The molecule has 2 unspecified atom stereocenters. The van der Waals surface area contributed by atoms with Crippen molar-refractivity contribution in [2.75, 3.05) is 0 Å². The molecule has 8 nitrogen and oxygen atoms in total. The topological polar surface area (TPSA) is 150 Å². The number of nitrogens with two attached hydrogens (primary N) is 1. The monoisotopic (exact) mass is 374 g/mol. The molecule has 0 fully saturated rings. The largest absolute Gasteiger partial charge is 0.478 e. The number of nitrogens with zero attached hydrogens (tertiary/aromatic N) is 3. The number of nitriles is 2. The SMILES string of the molecule is N#Cc1ccc(C(C(N)=O)C2(C(=O)O)CC(c3cccc(C#N)c3)=NO2)cc1. The lowest BCUT2D eigenvalue weighted by Crippen LogP contribution is -2.49. The number of carboxylic acids is 1. The lowest BCUT2D eigenvalue weighted by atomic mass is 9.77. The van der Waals surface area contributed by atoms with Gasteiger partial charge in [-0.1, -0.05) is 29.4 Å². The molecule has 2 aromatic rings. The molecule has 0 spiro atoms. The van der Waals surface area contributed by atoms with Gasteiger partial charge >= 0.3 is 5.97 Å². The van der Waals surface area contributed by atoms with Crippen molar-refractivity contribution in [1.82, 2.24) is 0 Å². The average molecular weight is 374 g/mol. The number of rotatable bonds is 5. The number of oxime groups is 1. The minimum atomic E-state index is -2.03. The molecule has 28 heavy (non-hydrogen) atoms. The van der Waals surface area contributed by atoms with Crippen LogP contribution in [0.25, 0.3) is 0 Å². The van der Waals surface area contributed by atoms with Crippen molar-refractivity contribution in [2.24, 2.45) is 10.9 Å². The summed E-state index contributed by atoms with van der Waals surface area (Å²) in [6.45, 7) is 0. The van der Waals surface area contributed by atoms with E-state index in [9.17, 15) is 14.7 Å². The van der Waals surface area contributed by atoms with Crippen LogP contribution in [0, 0.1) is 22.7 Å². The van der Waals surface area contributed by atoms with Crippen LogP contribution in [-0.4, -0.2) is 28.3 Å². The van der Waals surface area contributed by atoms with Crippen LogP contribution in [0.2, 0.25) is 0 Å². The lowest BCUT2D eigenvalue weighted by Gasteiger charge is -2.29. The summed E-state index contributed by atoms with van der Waals surface area (Å²) in [7, 11) is 0. The van der Waals surface area contributed by atoms with Gasteiger partial charge in [0.15, 0.2) is 0 Å². The molecule has 1 aliphatic heterocycles. The van der Waals surface area contributed by atoms with Crippen LogP contribution >= 0.6 is 0 Å². The molecule has 8 heteroatoms. The summed E-state index contributed by atoms with van der Waals surface area (Å²) in [6, 6.07) is 16.3. The van der Waals surface area contributed by atoms with E-state index in [1.807, 2.05) is 12.1 Å². The molecule has 3 rings (SSSR count). The third-order valence-electron chi connectivity index (χ3n) is 4.56. The summed E-state index contributed by atoms with van der Waals surface area (Å²) in [6.07, 6.45) is -0.217. The molecular weight excluding hydrogens is 360 g/mol. The molecule has 0 saturated heterocycles. The van der Waals surface area contributed by atoms with Crippen molar-refractivity contribution >= 4 is 17.6 Å². The van der Waals surface area contributed by atoms with Gasteiger partial charge in [0.25, 0.3) is 5.60 Å². The zero-order valence-electron chi connectivity index (χ0n) is 14.5. The highest BCUT2D eigenvalue weighted by atomic mass is 16.7. The molecule has 0 aliphatic carbocycles. The maximum absolute atomic E-state index is 12.2. The molecule has 2 aromatic carbocycles. The molecular formula is C20H14N4O4. The van der Waals surface area contributed by atoms with Gasteiger partial charge in [0.05, 0.1) is 29.0 Å². The van der Waals surface area contributed by atoms with E-state index in [0.29, 0.717) is 28.0 Å². The second kappa shape index (κ2) is 7.22. The molecule has 138 valence electrons. The molecule has 3 N–H and O–H groups in total. The predicted octanol–water partition coefficient (Wildman–Crippen LogP) is 1.65. The summed E-state index contributed by atoms with van der Waals surface area (Å²) in [4.78, 5) is 29.7. The average Bonchev–Trinajstić information content (AvgIpc) is 3.15. The first kappa shape index (κ1) is 18.6. The van der Waals surface area contributed by atoms with Gasteiger partial charge in [0, 0.05) is 12.0 Å². The lowest BCUT2D eigenvalue weighted by molar-refractivity contribution is -0.168. The highest BCUT2D eigenvalue weighted by Crippen LogP contribution is 2.40. The Morgan fingerprint density at radius 3 is 2.39 bits per heavy atom. The smallest absolute Gasteiger partial charge is 0.352 e. The van der Waals surface area contributed by atoms with Crippen molar-refractivity contribution < 1.29 is 19.5 Å². The number of benzene rings is 2. The van der Waals surface area contributed by atoms with Gasteiger partial charge in [-0.15, -0.1) is 0 Å². The molecule has 1 amide bonds. The number of carbonyl (C=O) groups is 2. The summed E-state index contributed by atoms with van der Waals surface area (Å²) in [5.41, 5.74) is 5.35. The second-order valence-electron chi connectivity index (χ2n) is 6.26. The van der Waals surface area contributed by atoms with E-state index in [2.05, 4.69) is 5.16 Å². The Labute approximate surface area is 160 Å². The van der Waals surface area contributed by atoms with Crippen LogP contribution in [0.3, 0.4) is 0 Å². The number of carbonyl (C=O) groups excluding carboxylic acids is 1. The quantitative estimate of drug-likeness (QED) is 0.812. The standard InChI is InChI=1S/C20H14N4O4/c21-10-12-4-6-14(7-5-12)17(18(23)25)20(19(26)27)9-16(24-28-20)15-3-1-2-13(8-15)11-22/h1-8,17H,9H2,(H2,23,25)(H,26,27). The summed E-state index contributed by atoms with van der Waals surface area (Å²) in [5.74, 6) is -3.62. The van der Waals surface area contributed by atoms with Crippen LogP contribution in [0.5, 0.6) is 0 Å². The number of hydrogen-bond acceptors (Lipinski definition) is 6. The van der Waals surface area contributed by atoms with E-state index < -0.39 is 23.4 Å². The van der Waals surface area contributed by atoms with E-state index in [4.69, 9.17) is 21.1 Å². The molecule has 0 bridgehead atoms.